The van der Waals surface area contributed by atoms with Gasteiger partial charge in [0, 0.05) is 20.2 Å². The summed E-state index contributed by atoms with van der Waals surface area (Å²) in [4.78, 5) is 13.0. The van der Waals surface area contributed by atoms with Crippen LogP contribution in [0.25, 0.3) is 0 Å². The second-order valence-electron chi connectivity index (χ2n) is 4.58. The summed E-state index contributed by atoms with van der Waals surface area (Å²) in [6.45, 7) is 1.49. The molecule has 1 unspecified atom stereocenters. The number of rotatable bonds is 8. The van der Waals surface area contributed by atoms with Crippen molar-refractivity contribution in [1.29, 1.82) is 0 Å². The van der Waals surface area contributed by atoms with Crippen LogP contribution in [0.15, 0.2) is 24.3 Å². The summed E-state index contributed by atoms with van der Waals surface area (Å²) in [6, 6.07) is 6.99. The highest BCUT2D eigenvalue weighted by molar-refractivity contribution is 5.89. The molecule has 0 aromatic heterocycles. The SMILES string of the molecule is COCC(O)CN(C)CCc1ccccc1C(=O)O. The quantitative estimate of drug-likeness (QED) is 0.731. The van der Waals surface area contributed by atoms with Gasteiger partial charge in [-0.1, -0.05) is 18.2 Å². The molecule has 0 fully saturated rings. The zero-order valence-electron chi connectivity index (χ0n) is 11.4. The summed E-state index contributed by atoms with van der Waals surface area (Å²) in [5, 5.41) is 18.7. The van der Waals surface area contributed by atoms with E-state index in [0.29, 0.717) is 31.7 Å². The van der Waals surface area contributed by atoms with Gasteiger partial charge >= 0.3 is 5.97 Å². The molecule has 5 nitrogen and oxygen atoms in total. The molecule has 0 spiro atoms. The van der Waals surface area contributed by atoms with Gasteiger partial charge in [-0.25, -0.2) is 4.79 Å². The molecular weight excluding hydrogens is 246 g/mol. The highest BCUT2D eigenvalue weighted by Gasteiger charge is 2.11. The fraction of sp³-hybridized carbons (Fsp3) is 0.500. The minimum absolute atomic E-state index is 0.302. The molecule has 0 bridgehead atoms. The van der Waals surface area contributed by atoms with Crippen molar-refractivity contribution >= 4 is 5.97 Å². The Kier molecular flexibility index (Phi) is 6.49. The number of aliphatic hydroxyl groups excluding tert-OH is 1. The van der Waals surface area contributed by atoms with Crippen LogP contribution in [0.3, 0.4) is 0 Å². The first kappa shape index (κ1) is 15.6. The average molecular weight is 267 g/mol. The Labute approximate surface area is 113 Å². The van der Waals surface area contributed by atoms with Crippen molar-refractivity contribution in [3.8, 4) is 0 Å². The Hall–Kier alpha value is -1.43. The third kappa shape index (κ3) is 5.38. The zero-order valence-corrected chi connectivity index (χ0v) is 11.4. The second kappa shape index (κ2) is 7.89. The lowest BCUT2D eigenvalue weighted by atomic mass is 10.0. The zero-order chi connectivity index (χ0) is 14.3. The van der Waals surface area contributed by atoms with Crippen LogP contribution >= 0.6 is 0 Å². The maximum atomic E-state index is 11.1. The molecule has 0 saturated heterocycles. The van der Waals surface area contributed by atoms with Crippen molar-refractivity contribution in [3.63, 3.8) is 0 Å². The Bertz CT molecular complexity index is 408. The molecule has 1 aromatic carbocycles. The van der Waals surface area contributed by atoms with E-state index in [0.717, 1.165) is 5.56 Å². The molecular formula is C14H21NO4. The van der Waals surface area contributed by atoms with Gasteiger partial charge in [0.25, 0.3) is 0 Å². The van der Waals surface area contributed by atoms with Gasteiger partial charge in [-0.15, -0.1) is 0 Å². The number of ether oxygens (including phenoxy) is 1. The van der Waals surface area contributed by atoms with Crippen LogP contribution in [0.1, 0.15) is 15.9 Å². The predicted molar refractivity (Wildman–Crippen MR) is 72.5 cm³/mol. The lowest BCUT2D eigenvalue weighted by Crippen LogP contribution is -2.33. The first-order chi connectivity index (χ1) is 9.04. The summed E-state index contributed by atoms with van der Waals surface area (Å²) in [7, 11) is 3.44. The normalized spacial score (nSPS) is 12.6. The smallest absolute Gasteiger partial charge is 0.335 e. The Morgan fingerprint density at radius 2 is 2.11 bits per heavy atom. The summed E-state index contributed by atoms with van der Waals surface area (Å²) >= 11 is 0. The lowest BCUT2D eigenvalue weighted by Gasteiger charge is -2.20. The molecule has 0 amide bonds. The minimum Gasteiger partial charge on any atom is -0.478 e. The molecule has 0 saturated carbocycles. The first-order valence-electron chi connectivity index (χ1n) is 6.21. The van der Waals surface area contributed by atoms with E-state index in [4.69, 9.17) is 9.84 Å². The van der Waals surface area contributed by atoms with E-state index in [9.17, 15) is 9.90 Å². The fourth-order valence-electron chi connectivity index (χ4n) is 1.95. The molecule has 0 aliphatic rings. The molecule has 106 valence electrons. The third-order valence-corrected chi connectivity index (χ3v) is 2.89. The van der Waals surface area contributed by atoms with Crippen LogP contribution in [-0.4, -0.2) is 61.0 Å². The highest BCUT2D eigenvalue weighted by atomic mass is 16.5. The standard InChI is InChI=1S/C14H21NO4/c1-15(9-12(16)10-19-2)8-7-11-5-3-4-6-13(11)14(17)18/h3-6,12,16H,7-10H2,1-2H3,(H,17,18). The van der Waals surface area contributed by atoms with E-state index in [2.05, 4.69) is 0 Å². The highest BCUT2D eigenvalue weighted by Crippen LogP contribution is 2.10. The molecule has 1 atom stereocenters. The number of benzene rings is 1. The number of nitrogens with zero attached hydrogens (tertiary/aromatic N) is 1. The third-order valence-electron chi connectivity index (χ3n) is 2.89. The van der Waals surface area contributed by atoms with Crippen LogP contribution in [-0.2, 0) is 11.2 Å². The molecule has 1 aromatic rings. The number of aromatic carboxylic acids is 1. The second-order valence-corrected chi connectivity index (χ2v) is 4.58. The van der Waals surface area contributed by atoms with E-state index < -0.39 is 12.1 Å². The minimum atomic E-state index is -0.905. The molecule has 1 rings (SSSR count). The number of hydrogen-bond acceptors (Lipinski definition) is 4. The maximum absolute atomic E-state index is 11.1. The van der Waals surface area contributed by atoms with Crippen LogP contribution < -0.4 is 0 Å². The van der Waals surface area contributed by atoms with E-state index in [1.165, 1.54) is 0 Å². The van der Waals surface area contributed by atoms with E-state index >= 15 is 0 Å². The van der Waals surface area contributed by atoms with Gasteiger partial charge in [-0.3, -0.25) is 0 Å². The monoisotopic (exact) mass is 267 g/mol. The molecule has 0 heterocycles. The molecule has 2 N–H and O–H groups in total. The van der Waals surface area contributed by atoms with E-state index in [-0.39, 0.29) is 0 Å². The fourth-order valence-corrected chi connectivity index (χ4v) is 1.95. The van der Waals surface area contributed by atoms with Gasteiger partial charge in [0.2, 0.25) is 0 Å². The van der Waals surface area contributed by atoms with E-state index in [1.54, 1.807) is 19.2 Å². The number of aliphatic hydroxyl groups is 1. The van der Waals surface area contributed by atoms with Crippen molar-refractivity contribution in [2.24, 2.45) is 0 Å². The largest absolute Gasteiger partial charge is 0.478 e. The van der Waals surface area contributed by atoms with Crippen molar-refractivity contribution in [1.82, 2.24) is 4.90 Å². The Morgan fingerprint density at radius 1 is 1.42 bits per heavy atom. The van der Waals surface area contributed by atoms with Gasteiger partial charge < -0.3 is 19.8 Å². The molecule has 5 heteroatoms. The van der Waals surface area contributed by atoms with Crippen LogP contribution in [0.4, 0.5) is 0 Å². The molecule has 0 radical (unpaired) electrons. The summed E-state index contributed by atoms with van der Waals surface area (Å²) in [5.74, 6) is -0.905. The summed E-state index contributed by atoms with van der Waals surface area (Å²) < 4.78 is 4.86. The summed E-state index contributed by atoms with van der Waals surface area (Å²) in [6.07, 6.45) is 0.114. The van der Waals surface area contributed by atoms with Gasteiger partial charge in [0.15, 0.2) is 0 Å². The van der Waals surface area contributed by atoms with Crippen molar-refractivity contribution < 1.29 is 19.7 Å². The molecule has 19 heavy (non-hydrogen) atoms. The van der Waals surface area contributed by atoms with Crippen molar-refractivity contribution in [2.75, 3.05) is 33.9 Å². The Morgan fingerprint density at radius 3 is 2.74 bits per heavy atom. The summed E-state index contributed by atoms with van der Waals surface area (Å²) in [5.41, 5.74) is 1.15. The first-order valence-corrected chi connectivity index (χ1v) is 6.21. The van der Waals surface area contributed by atoms with Crippen LogP contribution in [0, 0.1) is 0 Å². The maximum Gasteiger partial charge on any atom is 0.335 e. The number of hydrogen-bond donors (Lipinski definition) is 2. The number of likely N-dealkylation sites (N-methyl/N-ethyl adjacent to an activating group) is 1. The lowest BCUT2D eigenvalue weighted by molar-refractivity contribution is 0.0435. The van der Waals surface area contributed by atoms with Gasteiger partial charge in [0.1, 0.15) is 0 Å². The number of carboxylic acid groups (broad SMARTS) is 1. The Balaban J connectivity index is 2.50. The average Bonchev–Trinajstić information content (AvgIpc) is 2.36. The number of methoxy groups -OCH3 is 1. The number of carboxylic acids is 1. The predicted octanol–water partition coefficient (Wildman–Crippen LogP) is 0.866. The van der Waals surface area contributed by atoms with Crippen molar-refractivity contribution in [2.45, 2.75) is 12.5 Å². The van der Waals surface area contributed by atoms with Gasteiger partial charge in [0.05, 0.1) is 18.3 Å². The van der Waals surface area contributed by atoms with Gasteiger partial charge in [-0.2, -0.15) is 0 Å². The molecule has 0 aliphatic heterocycles. The number of carbonyl (C=O) groups is 1. The van der Waals surface area contributed by atoms with Crippen molar-refractivity contribution in [3.05, 3.63) is 35.4 Å². The molecule has 0 aliphatic carbocycles. The van der Waals surface area contributed by atoms with Crippen LogP contribution in [0.2, 0.25) is 0 Å². The topological polar surface area (TPSA) is 70.0 Å². The van der Waals surface area contributed by atoms with E-state index in [1.807, 2.05) is 24.1 Å². The van der Waals surface area contributed by atoms with Gasteiger partial charge in [-0.05, 0) is 25.1 Å². The van der Waals surface area contributed by atoms with Crippen LogP contribution in [0.5, 0.6) is 0 Å².